The van der Waals surface area contributed by atoms with E-state index in [9.17, 15) is 24.5 Å². The Bertz CT molecular complexity index is 1390. The van der Waals surface area contributed by atoms with E-state index in [2.05, 4.69) is 0 Å². The molecule has 3 aromatic carbocycles. The van der Waals surface area contributed by atoms with Crippen LogP contribution in [0.5, 0.6) is 11.5 Å². The molecule has 1 aliphatic heterocycles. The highest BCUT2D eigenvalue weighted by atomic mass is 32.2. The van der Waals surface area contributed by atoms with E-state index in [4.69, 9.17) is 9.47 Å². The number of non-ortho nitro benzene ring substituents is 1. The van der Waals surface area contributed by atoms with Gasteiger partial charge in [-0.05, 0) is 66.2 Å². The lowest BCUT2D eigenvalue weighted by molar-refractivity contribution is -0.384. The van der Waals surface area contributed by atoms with Crippen molar-refractivity contribution in [3.05, 3.63) is 105 Å². The van der Waals surface area contributed by atoms with Gasteiger partial charge < -0.3 is 9.47 Å². The Kier molecular flexibility index (Phi) is 7.45. The van der Waals surface area contributed by atoms with Crippen molar-refractivity contribution in [1.82, 2.24) is 4.90 Å². The van der Waals surface area contributed by atoms with E-state index >= 15 is 0 Å². The average molecular weight is 505 g/mol. The predicted octanol–water partition coefficient (Wildman–Crippen LogP) is 5.24. The number of hydrogen-bond donors (Lipinski definition) is 0. The summed E-state index contributed by atoms with van der Waals surface area (Å²) >= 11 is 0.818. The van der Waals surface area contributed by atoms with E-state index in [1.54, 1.807) is 24.3 Å². The van der Waals surface area contributed by atoms with Crippen molar-refractivity contribution in [3.63, 3.8) is 0 Å². The van der Waals surface area contributed by atoms with Gasteiger partial charge in [0.2, 0.25) is 0 Å². The summed E-state index contributed by atoms with van der Waals surface area (Å²) in [5, 5.41) is 10.5. The minimum atomic E-state index is -0.759. The second kappa shape index (κ2) is 10.9. The molecule has 0 radical (unpaired) electrons. The van der Waals surface area contributed by atoms with E-state index in [1.165, 1.54) is 30.3 Å². The molecule has 1 saturated heterocycles. The van der Waals surface area contributed by atoms with Gasteiger partial charge in [0.15, 0.2) is 0 Å². The van der Waals surface area contributed by atoms with Crippen molar-refractivity contribution in [2.24, 2.45) is 0 Å². The molecular weight excluding hydrogens is 484 g/mol. The molecule has 3 aromatic rings. The number of carbonyl (C=O) groups excluding carboxylic acids is 3. The molecule has 0 aromatic heterocycles. The summed E-state index contributed by atoms with van der Waals surface area (Å²) in [5.41, 5.74) is 1.39. The third-order valence-electron chi connectivity index (χ3n) is 5.11. The number of nitro benzene ring substituents is 1. The third-order valence-corrected chi connectivity index (χ3v) is 6.01. The second-order valence-corrected chi connectivity index (χ2v) is 8.76. The highest BCUT2D eigenvalue weighted by Gasteiger charge is 2.34. The minimum Gasteiger partial charge on any atom is -0.492 e. The maximum atomic E-state index is 12.8. The molecule has 36 heavy (non-hydrogen) atoms. The Labute approximate surface area is 210 Å². The number of aryl methyl sites for hydroxylation is 1. The van der Waals surface area contributed by atoms with Crippen molar-refractivity contribution < 1.29 is 28.8 Å². The van der Waals surface area contributed by atoms with E-state index in [-0.39, 0.29) is 35.1 Å². The van der Waals surface area contributed by atoms with Crippen LogP contribution in [-0.4, -0.2) is 40.1 Å². The molecule has 0 spiro atoms. The van der Waals surface area contributed by atoms with Crippen LogP contribution in [0, 0.1) is 17.0 Å². The summed E-state index contributed by atoms with van der Waals surface area (Å²) in [6.45, 7) is 2.21. The lowest BCUT2D eigenvalue weighted by Gasteiger charge is -2.13. The Morgan fingerprint density at radius 3 is 2.56 bits per heavy atom. The van der Waals surface area contributed by atoms with Gasteiger partial charge >= 0.3 is 5.97 Å². The van der Waals surface area contributed by atoms with Gasteiger partial charge in [0, 0.05) is 12.1 Å². The molecule has 0 bridgehead atoms. The molecular formula is C26H20N2O7S. The van der Waals surface area contributed by atoms with Gasteiger partial charge in [0.05, 0.1) is 21.9 Å². The van der Waals surface area contributed by atoms with E-state index < -0.39 is 22.0 Å². The van der Waals surface area contributed by atoms with E-state index in [1.807, 2.05) is 25.1 Å². The van der Waals surface area contributed by atoms with E-state index in [0.29, 0.717) is 11.3 Å². The molecule has 1 fully saturated rings. The van der Waals surface area contributed by atoms with Crippen LogP contribution in [-0.2, 0) is 4.79 Å². The van der Waals surface area contributed by atoms with Crippen molar-refractivity contribution >= 4 is 40.6 Å². The maximum absolute atomic E-state index is 12.8. The normalized spacial score (nSPS) is 14.2. The van der Waals surface area contributed by atoms with Crippen LogP contribution in [0.4, 0.5) is 10.5 Å². The molecule has 4 rings (SSSR count). The van der Waals surface area contributed by atoms with Crippen LogP contribution in [0.15, 0.2) is 77.7 Å². The molecule has 0 N–H and O–H groups in total. The molecule has 10 heteroatoms. The Hall–Kier alpha value is -4.44. The largest absolute Gasteiger partial charge is 0.492 e. The summed E-state index contributed by atoms with van der Waals surface area (Å²) in [4.78, 5) is 49.3. The molecule has 2 amide bonds. The third kappa shape index (κ3) is 5.97. The number of ether oxygens (including phenoxy) is 2. The van der Waals surface area contributed by atoms with Crippen molar-refractivity contribution in [3.8, 4) is 11.5 Å². The standard InChI is InChI=1S/C26H20N2O7S/c1-17-5-2-9-21(13-17)34-12-11-27-24(29)23(36-26(27)31)15-18-6-3-10-22(14-18)35-25(30)19-7-4-8-20(16-19)28(32)33/h2-10,13-16H,11-12H2,1H3/b23-15-. The topological polar surface area (TPSA) is 116 Å². The fourth-order valence-corrected chi connectivity index (χ4v) is 4.25. The molecule has 1 aliphatic rings. The first kappa shape index (κ1) is 24.7. The number of benzene rings is 3. The minimum absolute atomic E-state index is 0.0311. The SMILES string of the molecule is Cc1cccc(OCCN2C(=O)S/C(=C\c3cccc(OC(=O)c4cccc([N+](=O)[O-])c4)c3)C2=O)c1. The van der Waals surface area contributed by atoms with Gasteiger partial charge in [-0.3, -0.25) is 24.6 Å². The first-order valence-corrected chi connectivity index (χ1v) is 11.6. The monoisotopic (exact) mass is 504 g/mol. The summed E-state index contributed by atoms with van der Waals surface area (Å²) in [5.74, 6) is -0.346. The van der Waals surface area contributed by atoms with Gasteiger partial charge in [-0.15, -0.1) is 0 Å². The van der Waals surface area contributed by atoms with Crippen LogP contribution < -0.4 is 9.47 Å². The van der Waals surface area contributed by atoms with Crippen molar-refractivity contribution in [2.75, 3.05) is 13.2 Å². The van der Waals surface area contributed by atoms with E-state index in [0.717, 1.165) is 28.3 Å². The van der Waals surface area contributed by atoms with Crippen LogP contribution >= 0.6 is 11.8 Å². The zero-order chi connectivity index (χ0) is 25.7. The fourth-order valence-electron chi connectivity index (χ4n) is 3.38. The number of hydrogen-bond acceptors (Lipinski definition) is 8. The Morgan fingerprint density at radius 2 is 1.78 bits per heavy atom. The highest BCUT2D eigenvalue weighted by Crippen LogP contribution is 2.32. The molecule has 9 nitrogen and oxygen atoms in total. The molecule has 0 aliphatic carbocycles. The average Bonchev–Trinajstić information content (AvgIpc) is 3.11. The summed E-state index contributed by atoms with van der Waals surface area (Å²) in [6, 6.07) is 19.1. The first-order chi connectivity index (χ1) is 17.3. The van der Waals surface area contributed by atoms with Crippen LogP contribution in [0.25, 0.3) is 6.08 Å². The molecule has 0 atom stereocenters. The second-order valence-electron chi connectivity index (χ2n) is 7.77. The van der Waals surface area contributed by atoms with Crippen LogP contribution in [0.2, 0.25) is 0 Å². The van der Waals surface area contributed by atoms with Gasteiger partial charge in [-0.1, -0.05) is 30.3 Å². The quantitative estimate of drug-likeness (QED) is 0.134. The molecule has 182 valence electrons. The summed E-state index contributed by atoms with van der Waals surface area (Å²) in [6.07, 6.45) is 1.54. The maximum Gasteiger partial charge on any atom is 0.343 e. The number of imide groups is 1. The first-order valence-electron chi connectivity index (χ1n) is 10.8. The van der Waals surface area contributed by atoms with Gasteiger partial charge in [-0.25, -0.2) is 4.79 Å². The molecule has 1 heterocycles. The lowest BCUT2D eigenvalue weighted by atomic mass is 10.2. The number of carbonyl (C=O) groups is 3. The number of amides is 2. The Morgan fingerprint density at radius 1 is 1.03 bits per heavy atom. The number of thioether (sulfide) groups is 1. The van der Waals surface area contributed by atoms with Gasteiger partial charge in [-0.2, -0.15) is 0 Å². The zero-order valence-corrected chi connectivity index (χ0v) is 19.9. The number of nitro groups is 1. The summed E-state index contributed by atoms with van der Waals surface area (Å²) < 4.78 is 11.0. The molecule has 0 unspecified atom stereocenters. The number of nitrogens with zero attached hydrogens (tertiary/aromatic N) is 2. The summed E-state index contributed by atoms with van der Waals surface area (Å²) in [7, 11) is 0. The van der Waals surface area contributed by atoms with Crippen molar-refractivity contribution in [2.45, 2.75) is 6.92 Å². The highest BCUT2D eigenvalue weighted by molar-refractivity contribution is 8.18. The lowest BCUT2D eigenvalue weighted by Crippen LogP contribution is -2.32. The van der Waals surface area contributed by atoms with Gasteiger partial charge in [0.1, 0.15) is 18.1 Å². The Balaban J connectivity index is 1.40. The zero-order valence-electron chi connectivity index (χ0n) is 19.1. The fraction of sp³-hybridized carbons (Fsp3) is 0.115. The van der Waals surface area contributed by atoms with Crippen molar-refractivity contribution in [1.29, 1.82) is 0 Å². The smallest absolute Gasteiger partial charge is 0.343 e. The van der Waals surface area contributed by atoms with Crippen LogP contribution in [0.1, 0.15) is 21.5 Å². The van der Waals surface area contributed by atoms with Gasteiger partial charge in [0.25, 0.3) is 16.8 Å². The number of esters is 1. The molecule has 0 saturated carbocycles. The number of rotatable bonds is 8. The predicted molar refractivity (Wildman–Crippen MR) is 134 cm³/mol. The van der Waals surface area contributed by atoms with Crippen LogP contribution in [0.3, 0.4) is 0 Å².